The molecule has 2 N–H and O–H groups in total. The number of hydrogen-bond donors (Lipinski definition) is 2. The lowest BCUT2D eigenvalue weighted by Crippen LogP contribution is -2.70. The summed E-state index contributed by atoms with van der Waals surface area (Å²) in [6, 6.07) is 5.52. The number of H-pyrrole nitrogens is 1. The average molecular weight is 474 g/mol. The molecule has 1 spiro atoms. The third-order valence-electron chi connectivity index (χ3n) is 8.21. The zero-order valence-corrected chi connectivity index (χ0v) is 19.8. The fraction of sp³-hybridized carbons (Fsp3) is 0.667. The third kappa shape index (κ3) is 3.30. The van der Waals surface area contributed by atoms with E-state index in [0.717, 1.165) is 31.2 Å². The predicted octanol–water partition coefficient (Wildman–Crippen LogP) is 4.33. The quantitative estimate of drug-likeness (QED) is 0.634. The molecule has 1 amide bonds. The highest BCUT2D eigenvalue weighted by Gasteiger charge is 2.69. The van der Waals surface area contributed by atoms with Crippen molar-refractivity contribution >= 4 is 23.1 Å². The number of amides is 1. The maximum Gasteiger partial charge on any atom is 0.413 e. The summed E-state index contributed by atoms with van der Waals surface area (Å²) in [5.74, 6) is 1.19. The SMILES string of the molecule is COC(=O)Nc1nc2ccc(OC3O[C@@H]4O[C@]5(C)CC[C@H]6[C@H](C)CCC([C@H]3C)C46OO5)cc2[nH]1. The molecule has 4 saturated heterocycles. The van der Waals surface area contributed by atoms with Crippen LogP contribution in [0.2, 0.25) is 0 Å². The summed E-state index contributed by atoms with van der Waals surface area (Å²) < 4.78 is 23.9. The minimum atomic E-state index is -0.819. The van der Waals surface area contributed by atoms with Gasteiger partial charge in [0.15, 0.2) is 11.9 Å². The summed E-state index contributed by atoms with van der Waals surface area (Å²) in [7, 11) is 1.30. The second kappa shape index (κ2) is 7.81. The van der Waals surface area contributed by atoms with Crippen LogP contribution in [0.5, 0.6) is 5.75 Å². The molecule has 5 heterocycles. The van der Waals surface area contributed by atoms with Crippen LogP contribution >= 0.6 is 0 Å². The molecule has 10 nitrogen and oxygen atoms in total. The van der Waals surface area contributed by atoms with Crippen molar-refractivity contribution in [3.63, 3.8) is 0 Å². The second-order valence-electron chi connectivity index (χ2n) is 10.3. The van der Waals surface area contributed by atoms with Crippen molar-refractivity contribution in [1.29, 1.82) is 0 Å². The Labute approximate surface area is 197 Å². The Hall–Kier alpha value is -2.40. The lowest BCUT2D eigenvalue weighted by molar-refractivity contribution is -0.575. The number of carbonyl (C=O) groups is 1. The molecule has 184 valence electrons. The van der Waals surface area contributed by atoms with Gasteiger partial charge in [0.25, 0.3) is 0 Å². The number of fused-ring (bicyclic) bond motifs is 3. The zero-order chi connectivity index (χ0) is 23.7. The number of nitrogens with zero attached hydrogens (tertiary/aromatic N) is 1. The Morgan fingerprint density at radius 1 is 1.21 bits per heavy atom. The average Bonchev–Trinajstić information content (AvgIpc) is 3.07. The van der Waals surface area contributed by atoms with Crippen LogP contribution < -0.4 is 10.1 Å². The van der Waals surface area contributed by atoms with Crippen molar-refractivity contribution in [2.75, 3.05) is 12.4 Å². The van der Waals surface area contributed by atoms with Crippen LogP contribution in [0.4, 0.5) is 10.7 Å². The molecule has 10 heteroatoms. The molecule has 7 rings (SSSR count). The first-order valence-electron chi connectivity index (χ1n) is 12.0. The van der Waals surface area contributed by atoms with Gasteiger partial charge in [0.2, 0.25) is 18.0 Å². The molecule has 34 heavy (non-hydrogen) atoms. The molecule has 5 aliphatic rings. The van der Waals surface area contributed by atoms with E-state index in [1.165, 1.54) is 7.11 Å². The number of aromatic nitrogens is 2. The summed E-state index contributed by atoms with van der Waals surface area (Å²) in [4.78, 5) is 31.0. The number of anilines is 1. The summed E-state index contributed by atoms with van der Waals surface area (Å²) in [6.45, 7) is 6.37. The van der Waals surface area contributed by atoms with Crippen LogP contribution in [0.3, 0.4) is 0 Å². The van der Waals surface area contributed by atoms with E-state index in [0.29, 0.717) is 29.1 Å². The fourth-order valence-electron chi connectivity index (χ4n) is 6.41. The molecule has 1 saturated carbocycles. The lowest BCUT2D eigenvalue weighted by Gasteiger charge is -2.60. The van der Waals surface area contributed by atoms with Crippen LogP contribution in [0, 0.1) is 23.7 Å². The third-order valence-corrected chi connectivity index (χ3v) is 8.21. The molecule has 2 bridgehead atoms. The zero-order valence-electron chi connectivity index (χ0n) is 19.8. The number of imidazole rings is 1. The Bertz CT molecular complexity index is 1110. The van der Waals surface area contributed by atoms with E-state index in [1.807, 2.05) is 25.1 Å². The Kier molecular flexibility index (Phi) is 5.07. The number of nitrogens with one attached hydrogen (secondary N) is 2. The summed E-state index contributed by atoms with van der Waals surface area (Å²) in [6.07, 6.45) is 2.25. The van der Waals surface area contributed by atoms with E-state index in [1.54, 1.807) is 0 Å². The van der Waals surface area contributed by atoms with Gasteiger partial charge in [0.1, 0.15) is 5.75 Å². The van der Waals surface area contributed by atoms with Crippen LogP contribution in [-0.4, -0.2) is 47.1 Å². The van der Waals surface area contributed by atoms with Gasteiger partial charge in [-0.05, 0) is 50.2 Å². The number of rotatable bonds is 3. The second-order valence-corrected chi connectivity index (χ2v) is 10.3. The Balaban J connectivity index is 1.27. The number of benzene rings is 1. The van der Waals surface area contributed by atoms with Crippen LogP contribution in [0.25, 0.3) is 11.0 Å². The molecule has 1 aromatic heterocycles. The van der Waals surface area contributed by atoms with Gasteiger partial charge in [-0.1, -0.05) is 13.8 Å². The maximum atomic E-state index is 11.5. The highest BCUT2D eigenvalue weighted by Crippen LogP contribution is 2.60. The molecule has 1 aliphatic carbocycles. The molecular formula is C24H31N3O7. The monoisotopic (exact) mass is 473 g/mol. The Morgan fingerprint density at radius 3 is 2.88 bits per heavy atom. The molecule has 0 radical (unpaired) electrons. The smallest absolute Gasteiger partial charge is 0.413 e. The molecule has 8 atom stereocenters. The van der Waals surface area contributed by atoms with Crippen molar-refractivity contribution in [3.8, 4) is 5.75 Å². The maximum absolute atomic E-state index is 11.5. The van der Waals surface area contributed by atoms with E-state index in [4.69, 9.17) is 24.0 Å². The van der Waals surface area contributed by atoms with Crippen LogP contribution in [0.1, 0.15) is 46.5 Å². The first-order chi connectivity index (χ1) is 16.3. The number of hydrogen-bond acceptors (Lipinski definition) is 8. The normalized spacial score (nSPS) is 40.9. The van der Waals surface area contributed by atoms with Gasteiger partial charge >= 0.3 is 6.09 Å². The highest BCUT2D eigenvalue weighted by molar-refractivity contribution is 5.86. The molecule has 4 aliphatic heterocycles. The summed E-state index contributed by atoms with van der Waals surface area (Å²) in [5, 5.41) is 2.54. The van der Waals surface area contributed by atoms with E-state index in [-0.39, 0.29) is 11.8 Å². The van der Waals surface area contributed by atoms with Gasteiger partial charge in [0.05, 0.1) is 18.1 Å². The topological polar surface area (TPSA) is 113 Å². The number of ether oxygens (including phenoxy) is 4. The molecule has 5 fully saturated rings. The van der Waals surface area contributed by atoms with Gasteiger partial charge in [-0.2, -0.15) is 0 Å². The van der Waals surface area contributed by atoms with Gasteiger partial charge in [0, 0.05) is 24.3 Å². The van der Waals surface area contributed by atoms with Gasteiger partial charge < -0.3 is 23.9 Å². The summed E-state index contributed by atoms with van der Waals surface area (Å²) in [5.41, 5.74) is 0.807. The van der Waals surface area contributed by atoms with Gasteiger partial charge in [-0.25, -0.2) is 19.6 Å². The highest BCUT2D eigenvalue weighted by atomic mass is 17.3. The van der Waals surface area contributed by atoms with Crippen LogP contribution in [-0.2, 0) is 24.0 Å². The molecule has 3 unspecified atom stereocenters. The van der Waals surface area contributed by atoms with E-state index >= 15 is 0 Å². The minimum Gasteiger partial charge on any atom is -0.464 e. The Morgan fingerprint density at radius 2 is 2.06 bits per heavy atom. The molecule has 1 aromatic carbocycles. The number of aromatic amines is 1. The van der Waals surface area contributed by atoms with Crippen LogP contribution in [0.15, 0.2) is 18.2 Å². The fourth-order valence-corrected chi connectivity index (χ4v) is 6.41. The van der Waals surface area contributed by atoms with Gasteiger partial charge in [-0.15, -0.1) is 0 Å². The number of methoxy groups -OCH3 is 1. The van der Waals surface area contributed by atoms with E-state index < -0.39 is 30.1 Å². The first kappa shape index (κ1) is 22.1. The predicted molar refractivity (Wildman–Crippen MR) is 120 cm³/mol. The van der Waals surface area contributed by atoms with Crippen molar-refractivity contribution in [2.45, 2.75) is 70.4 Å². The largest absolute Gasteiger partial charge is 0.464 e. The van der Waals surface area contributed by atoms with Crippen molar-refractivity contribution < 1.29 is 33.5 Å². The minimum absolute atomic E-state index is 0.0647. The summed E-state index contributed by atoms with van der Waals surface area (Å²) >= 11 is 0. The molecular weight excluding hydrogens is 442 g/mol. The van der Waals surface area contributed by atoms with Crippen molar-refractivity contribution in [3.05, 3.63) is 18.2 Å². The standard InChI is InChI=1S/C24H31N3O7/c1-12-5-7-16-13(2)19(31-20-24(16)15(12)9-10-23(3,32-20)33-34-24)30-14-6-8-17-18(11-14)26-21(25-17)27-22(28)29-4/h6,8,11-13,15-16,19-20H,5,7,9-10H2,1-4H3,(H2,25,26,27,28)/t12-,13-,15+,16?,19?,20-,23+,24?/m1/s1. The van der Waals surface area contributed by atoms with E-state index in [2.05, 4.69) is 33.9 Å². The van der Waals surface area contributed by atoms with Crippen molar-refractivity contribution in [1.82, 2.24) is 9.97 Å². The van der Waals surface area contributed by atoms with Gasteiger partial charge in [-0.3, -0.25) is 5.32 Å². The van der Waals surface area contributed by atoms with Crippen molar-refractivity contribution in [2.24, 2.45) is 23.7 Å². The first-order valence-corrected chi connectivity index (χ1v) is 12.0. The molecule has 2 aromatic rings. The van der Waals surface area contributed by atoms with E-state index in [9.17, 15) is 4.79 Å². The lowest BCUT2D eigenvalue weighted by atomic mass is 9.58. The number of carbonyl (C=O) groups excluding carboxylic acids is 1.